The molecular formula is C15H24FN3O3. The van der Waals surface area contributed by atoms with Crippen LogP contribution in [0.5, 0.6) is 5.75 Å². The molecule has 0 spiro atoms. The number of rotatable bonds is 9. The fourth-order valence-electron chi connectivity index (χ4n) is 1.59. The van der Waals surface area contributed by atoms with Crippen LogP contribution in [0, 0.1) is 5.82 Å². The van der Waals surface area contributed by atoms with Crippen LogP contribution in [0.2, 0.25) is 0 Å². The Balaban J connectivity index is 2.35. The van der Waals surface area contributed by atoms with Gasteiger partial charge in [-0.1, -0.05) is 0 Å². The predicted molar refractivity (Wildman–Crippen MR) is 83.8 cm³/mol. The third kappa shape index (κ3) is 7.80. The van der Waals surface area contributed by atoms with Gasteiger partial charge in [-0.2, -0.15) is 0 Å². The van der Waals surface area contributed by atoms with Gasteiger partial charge in [0.25, 0.3) is 0 Å². The minimum Gasteiger partial charge on any atom is -0.491 e. The lowest BCUT2D eigenvalue weighted by molar-refractivity contribution is 0.114. The van der Waals surface area contributed by atoms with Crippen molar-refractivity contribution in [2.45, 2.75) is 13.0 Å². The van der Waals surface area contributed by atoms with E-state index in [-0.39, 0.29) is 19.0 Å². The largest absolute Gasteiger partial charge is 0.491 e. The standard InChI is InChI=1S/C15H24FN3O3/c1-3-17-15(18-8-9-21-2)19-10-13(20)11-22-14-6-4-12(16)5-7-14/h4-7,13,20H,3,8-11H2,1-2H3,(H2,17,18,19). The zero-order valence-electron chi connectivity index (χ0n) is 13.0. The Morgan fingerprint density at radius 3 is 2.68 bits per heavy atom. The van der Waals surface area contributed by atoms with Gasteiger partial charge in [0.15, 0.2) is 5.96 Å². The molecule has 0 heterocycles. The third-order valence-corrected chi connectivity index (χ3v) is 2.66. The molecule has 22 heavy (non-hydrogen) atoms. The molecule has 0 radical (unpaired) electrons. The third-order valence-electron chi connectivity index (χ3n) is 2.66. The molecule has 0 aliphatic carbocycles. The number of aliphatic hydroxyl groups excluding tert-OH is 1. The van der Waals surface area contributed by atoms with Crippen molar-refractivity contribution < 1.29 is 19.0 Å². The van der Waals surface area contributed by atoms with Gasteiger partial charge in [-0.15, -0.1) is 0 Å². The number of benzene rings is 1. The highest BCUT2D eigenvalue weighted by Crippen LogP contribution is 2.11. The van der Waals surface area contributed by atoms with E-state index >= 15 is 0 Å². The van der Waals surface area contributed by atoms with Gasteiger partial charge in [-0.3, -0.25) is 4.99 Å². The molecule has 1 rings (SSSR count). The van der Waals surface area contributed by atoms with Gasteiger partial charge in [-0.25, -0.2) is 4.39 Å². The van der Waals surface area contributed by atoms with E-state index in [1.165, 1.54) is 24.3 Å². The number of nitrogens with one attached hydrogen (secondary N) is 2. The van der Waals surface area contributed by atoms with Crippen molar-refractivity contribution >= 4 is 5.96 Å². The normalized spacial score (nSPS) is 12.8. The van der Waals surface area contributed by atoms with E-state index in [2.05, 4.69) is 15.6 Å². The molecule has 1 atom stereocenters. The monoisotopic (exact) mass is 313 g/mol. The van der Waals surface area contributed by atoms with E-state index in [1.54, 1.807) is 7.11 Å². The second-order valence-corrected chi connectivity index (χ2v) is 4.56. The van der Waals surface area contributed by atoms with Gasteiger partial charge in [0.05, 0.1) is 13.2 Å². The first-order valence-corrected chi connectivity index (χ1v) is 7.23. The number of hydrogen-bond donors (Lipinski definition) is 3. The van der Waals surface area contributed by atoms with Crippen molar-refractivity contribution in [3.63, 3.8) is 0 Å². The van der Waals surface area contributed by atoms with E-state index in [0.29, 0.717) is 24.9 Å². The van der Waals surface area contributed by atoms with E-state index < -0.39 is 6.10 Å². The Labute approximate surface area is 130 Å². The molecule has 3 N–H and O–H groups in total. The van der Waals surface area contributed by atoms with Crippen molar-refractivity contribution in [1.82, 2.24) is 10.6 Å². The lowest BCUT2D eigenvalue weighted by atomic mass is 10.3. The highest BCUT2D eigenvalue weighted by Gasteiger charge is 2.06. The SMILES string of the molecule is CCNC(=NCC(O)COc1ccc(F)cc1)NCCOC. The van der Waals surface area contributed by atoms with Gasteiger partial charge in [0.2, 0.25) is 0 Å². The van der Waals surface area contributed by atoms with Crippen molar-refractivity contribution in [2.24, 2.45) is 4.99 Å². The fourth-order valence-corrected chi connectivity index (χ4v) is 1.59. The van der Waals surface area contributed by atoms with E-state index in [1.807, 2.05) is 6.92 Å². The topological polar surface area (TPSA) is 75.1 Å². The molecule has 0 saturated carbocycles. The molecule has 6 nitrogen and oxygen atoms in total. The number of aliphatic hydroxyl groups is 1. The molecule has 7 heteroatoms. The molecule has 0 fully saturated rings. The zero-order valence-corrected chi connectivity index (χ0v) is 13.0. The van der Waals surface area contributed by atoms with Crippen molar-refractivity contribution in [3.05, 3.63) is 30.1 Å². The van der Waals surface area contributed by atoms with E-state index in [9.17, 15) is 9.50 Å². The van der Waals surface area contributed by atoms with Crippen LogP contribution >= 0.6 is 0 Å². The maximum atomic E-state index is 12.7. The minimum absolute atomic E-state index is 0.0899. The average molecular weight is 313 g/mol. The lowest BCUT2D eigenvalue weighted by Crippen LogP contribution is -2.39. The number of nitrogens with zero attached hydrogens (tertiary/aromatic N) is 1. The van der Waals surface area contributed by atoms with Crippen LogP contribution in [-0.4, -0.2) is 57.1 Å². The first-order valence-electron chi connectivity index (χ1n) is 7.23. The van der Waals surface area contributed by atoms with Crippen molar-refractivity contribution in [3.8, 4) is 5.75 Å². The van der Waals surface area contributed by atoms with Crippen LogP contribution in [0.15, 0.2) is 29.3 Å². The maximum absolute atomic E-state index is 12.7. The molecular weight excluding hydrogens is 289 g/mol. The first kappa shape index (κ1) is 18.2. The molecule has 0 saturated heterocycles. The number of guanidine groups is 1. The Hall–Kier alpha value is -1.86. The summed E-state index contributed by atoms with van der Waals surface area (Å²) in [7, 11) is 1.63. The summed E-state index contributed by atoms with van der Waals surface area (Å²) in [6.45, 7) is 4.17. The highest BCUT2D eigenvalue weighted by atomic mass is 19.1. The second-order valence-electron chi connectivity index (χ2n) is 4.56. The quantitative estimate of drug-likeness (QED) is 0.357. The Bertz CT molecular complexity index is 440. The maximum Gasteiger partial charge on any atom is 0.191 e. The summed E-state index contributed by atoms with van der Waals surface area (Å²) in [5, 5.41) is 16.0. The highest BCUT2D eigenvalue weighted by molar-refractivity contribution is 5.79. The molecule has 1 aromatic carbocycles. The molecule has 0 bridgehead atoms. The van der Waals surface area contributed by atoms with Crippen LogP contribution in [0.25, 0.3) is 0 Å². The Morgan fingerprint density at radius 2 is 2.05 bits per heavy atom. The minimum atomic E-state index is -0.747. The number of ether oxygens (including phenoxy) is 2. The molecule has 1 aromatic rings. The Morgan fingerprint density at radius 1 is 1.32 bits per heavy atom. The van der Waals surface area contributed by atoms with Gasteiger partial charge >= 0.3 is 0 Å². The predicted octanol–water partition coefficient (Wildman–Crippen LogP) is 0.767. The van der Waals surface area contributed by atoms with Crippen LogP contribution in [0.1, 0.15) is 6.92 Å². The summed E-state index contributed by atoms with van der Waals surface area (Å²) >= 11 is 0. The zero-order chi connectivity index (χ0) is 16.2. The van der Waals surface area contributed by atoms with Crippen LogP contribution in [0.3, 0.4) is 0 Å². The molecule has 124 valence electrons. The molecule has 0 amide bonds. The van der Waals surface area contributed by atoms with E-state index in [0.717, 1.165) is 6.54 Å². The first-order chi connectivity index (χ1) is 10.7. The van der Waals surface area contributed by atoms with Gasteiger partial charge < -0.3 is 25.2 Å². The summed E-state index contributed by atoms with van der Waals surface area (Å²) in [5.74, 6) is 0.796. The summed E-state index contributed by atoms with van der Waals surface area (Å²) in [6, 6.07) is 5.65. The van der Waals surface area contributed by atoms with Gasteiger partial charge in [0, 0.05) is 20.2 Å². The average Bonchev–Trinajstić information content (AvgIpc) is 2.52. The van der Waals surface area contributed by atoms with Gasteiger partial charge in [-0.05, 0) is 31.2 Å². The van der Waals surface area contributed by atoms with Gasteiger partial charge in [0.1, 0.15) is 24.3 Å². The lowest BCUT2D eigenvalue weighted by Gasteiger charge is -2.13. The van der Waals surface area contributed by atoms with Crippen molar-refractivity contribution in [1.29, 1.82) is 0 Å². The van der Waals surface area contributed by atoms with Crippen molar-refractivity contribution in [2.75, 3.05) is 40.0 Å². The van der Waals surface area contributed by atoms with Crippen LogP contribution in [-0.2, 0) is 4.74 Å². The number of hydrogen-bond acceptors (Lipinski definition) is 4. The number of aliphatic imine (C=N–C) groups is 1. The summed E-state index contributed by atoms with van der Waals surface area (Å²) in [6.07, 6.45) is -0.747. The number of halogens is 1. The second kappa shape index (κ2) is 10.8. The summed E-state index contributed by atoms with van der Waals surface area (Å²) in [5.41, 5.74) is 0. The smallest absolute Gasteiger partial charge is 0.191 e. The summed E-state index contributed by atoms with van der Waals surface area (Å²) in [4.78, 5) is 4.26. The molecule has 1 unspecified atom stereocenters. The van der Waals surface area contributed by atoms with Crippen LogP contribution in [0.4, 0.5) is 4.39 Å². The fraction of sp³-hybridized carbons (Fsp3) is 0.533. The molecule has 0 aliphatic rings. The number of methoxy groups -OCH3 is 1. The van der Waals surface area contributed by atoms with E-state index in [4.69, 9.17) is 9.47 Å². The summed E-state index contributed by atoms with van der Waals surface area (Å²) < 4.78 is 23.1. The molecule has 0 aromatic heterocycles. The van der Waals surface area contributed by atoms with Crippen LogP contribution < -0.4 is 15.4 Å². The molecule has 0 aliphatic heterocycles. The Kier molecular flexibility index (Phi) is 8.94.